The fraction of sp³-hybridized carbons (Fsp3) is 0. The first-order valence-electron chi connectivity index (χ1n) is 8.59. The highest BCUT2D eigenvalue weighted by molar-refractivity contribution is 6.04. The molecule has 6 heteroatoms. The van der Waals surface area contributed by atoms with Crippen molar-refractivity contribution in [2.45, 2.75) is 0 Å². The minimum absolute atomic E-state index is 0.230. The number of para-hydroxylation sites is 1. The van der Waals surface area contributed by atoms with Gasteiger partial charge in [0.15, 0.2) is 0 Å². The molecule has 0 radical (unpaired) electrons. The molecule has 0 unspecified atom stereocenters. The summed E-state index contributed by atoms with van der Waals surface area (Å²) >= 11 is 0. The molecule has 1 aromatic heterocycles. The van der Waals surface area contributed by atoms with Gasteiger partial charge in [-0.25, -0.2) is 13.5 Å². The molecule has 1 N–H and O–H groups in total. The van der Waals surface area contributed by atoms with Gasteiger partial charge in [0, 0.05) is 11.3 Å². The van der Waals surface area contributed by atoms with Gasteiger partial charge in [-0.15, -0.1) is 0 Å². The van der Waals surface area contributed by atoms with E-state index in [1.54, 1.807) is 30.3 Å². The number of hydrogen-bond donors (Lipinski definition) is 1. The molecule has 0 saturated heterocycles. The normalized spacial score (nSPS) is 10.6. The van der Waals surface area contributed by atoms with Gasteiger partial charge in [0.2, 0.25) is 0 Å². The quantitative estimate of drug-likeness (QED) is 0.541. The zero-order chi connectivity index (χ0) is 19.5. The summed E-state index contributed by atoms with van der Waals surface area (Å²) in [5, 5.41) is 7.16. The van der Waals surface area contributed by atoms with Crippen LogP contribution in [0.5, 0.6) is 0 Å². The molecule has 4 nitrogen and oxygen atoms in total. The van der Waals surface area contributed by atoms with E-state index in [9.17, 15) is 13.6 Å². The summed E-state index contributed by atoms with van der Waals surface area (Å²) < 4.78 is 28.8. The average molecular weight is 375 g/mol. The van der Waals surface area contributed by atoms with Gasteiger partial charge in [0.25, 0.3) is 5.91 Å². The monoisotopic (exact) mass is 375 g/mol. The Balaban J connectivity index is 1.77. The first-order valence-corrected chi connectivity index (χ1v) is 8.59. The van der Waals surface area contributed by atoms with Gasteiger partial charge in [-0.2, -0.15) is 5.10 Å². The number of hydrogen-bond acceptors (Lipinski definition) is 2. The van der Waals surface area contributed by atoms with E-state index in [1.165, 1.54) is 41.1 Å². The summed E-state index contributed by atoms with van der Waals surface area (Å²) in [6.07, 6.45) is 0. The van der Waals surface area contributed by atoms with Crippen molar-refractivity contribution in [1.29, 1.82) is 0 Å². The molecule has 0 spiro atoms. The van der Waals surface area contributed by atoms with Crippen molar-refractivity contribution in [1.82, 2.24) is 9.78 Å². The number of benzene rings is 3. The van der Waals surface area contributed by atoms with Crippen LogP contribution in [0, 0.1) is 11.6 Å². The number of rotatable bonds is 4. The maximum absolute atomic E-state index is 14.2. The molecule has 0 aliphatic rings. The summed E-state index contributed by atoms with van der Waals surface area (Å²) in [5.41, 5.74) is 1.97. The van der Waals surface area contributed by atoms with Crippen molar-refractivity contribution in [3.8, 4) is 16.9 Å². The largest absolute Gasteiger partial charge is 0.321 e. The number of anilines is 1. The van der Waals surface area contributed by atoms with Gasteiger partial charge >= 0.3 is 0 Å². The Labute approximate surface area is 160 Å². The Kier molecular flexibility index (Phi) is 4.68. The smallest absolute Gasteiger partial charge is 0.274 e. The van der Waals surface area contributed by atoms with Crippen LogP contribution in [0.2, 0.25) is 0 Å². The Morgan fingerprint density at radius 2 is 1.54 bits per heavy atom. The highest BCUT2D eigenvalue weighted by Crippen LogP contribution is 2.25. The lowest BCUT2D eigenvalue weighted by Gasteiger charge is -2.08. The van der Waals surface area contributed by atoms with Gasteiger partial charge in [-0.05, 0) is 54.6 Å². The third-order valence-electron chi connectivity index (χ3n) is 4.19. The molecular formula is C22H15F2N3O. The molecule has 138 valence electrons. The van der Waals surface area contributed by atoms with E-state index in [0.717, 1.165) is 0 Å². The van der Waals surface area contributed by atoms with E-state index in [2.05, 4.69) is 10.4 Å². The van der Waals surface area contributed by atoms with Crippen molar-refractivity contribution in [3.63, 3.8) is 0 Å². The van der Waals surface area contributed by atoms with Gasteiger partial charge < -0.3 is 5.32 Å². The molecule has 4 rings (SSSR count). The predicted octanol–water partition coefficient (Wildman–Crippen LogP) is 5.07. The molecule has 1 heterocycles. The van der Waals surface area contributed by atoms with Crippen molar-refractivity contribution >= 4 is 11.6 Å². The zero-order valence-electron chi connectivity index (χ0n) is 14.6. The van der Waals surface area contributed by atoms with E-state index < -0.39 is 17.5 Å². The highest BCUT2D eigenvalue weighted by Gasteiger charge is 2.19. The second kappa shape index (κ2) is 7.44. The number of nitrogens with one attached hydrogen (secondary N) is 1. The molecule has 3 aromatic carbocycles. The van der Waals surface area contributed by atoms with Crippen molar-refractivity contribution in [2.75, 3.05) is 5.32 Å². The molecule has 1 amide bonds. The van der Waals surface area contributed by atoms with E-state index in [1.807, 2.05) is 18.2 Å². The number of aromatic nitrogens is 2. The third-order valence-corrected chi connectivity index (χ3v) is 4.19. The van der Waals surface area contributed by atoms with Crippen LogP contribution in [-0.4, -0.2) is 15.7 Å². The van der Waals surface area contributed by atoms with Crippen molar-refractivity contribution < 1.29 is 13.6 Å². The first-order chi connectivity index (χ1) is 13.6. The maximum Gasteiger partial charge on any atom is 0.274 e. The molecule has 4 aromatic rings. The molecule has 28 heavy (non-hydrogen) atoms. The molecule has 0 atom stereocenters. The van der Waals surface area contributed by atoms with Crippen LogP contribution in [0.3, 0.4) is 0 Å². The minimum atomic E-state index is -0.439. The fourth-order valence-electron chi connectivity index (χ4n) is 2.84. The summed E-state index contributed by atoms with van der Waals surface area (Å²) in [6, 6.07) is 22.3. The van der Waals surface area contributed by atoms with Gasteiger partial charge in [-0.1, -0.05) is 30.3 Å². The van der Waals surface area contributed by atoms with Crippen molar-refractivity contribution in [3.05, 3.63) is 102 Å². The summed E-state index contributed by atoms with van der Waals surface area (Å²) in [4.78, 5) is 12.9. The SMILES string of the molecule is O=C(Nc1ccc(F)cc1)c1cc(-c2ccccc2F)nn1-c1ccccc1. The lowest BCUT2D eigenvalue weighted by atomic mass is 10.1. The van der Waals surface area contributed by atoms with E-state index in [4.69, 9.17) is 0 Å². The van der Waals surface area contributed by atoms with Crippen LogP contribution >= 0.6 is 0 Å². The molecule has 0 aliphatic carbocycles. The Bertz CT molecular complexity index is 1120. The molecule has 0 bridgehead atoms. The zero-order valence-corrected chi connectivity index (χ0v) is 14.6. The first kappa shape index (κ1) is 17.6. The number of nitrogens with zero attached hydrogens (tertiary/aromatic N) is 2. The van der Waals surface area contributed by atoms with Crippen LogP contribution in [0.4, 0.5) is 14.5 Å². The Morgan fingerprint density at radius 3 is 2.25 bits per heavy atom. The standard InChI is InChI=1S/C22H15F2N3O/c23-15-10-12-16(13-11-15)25-22(28)21-14-20(18-8-4-5-9-19(18)24)26-27(21)17-6-2-1-3-7-17/h1-14H,(H,25,28). The number of carbonyl (C=O) groups is 1. The Morgan fingerprint density at radius 1 is 0.857 bits per heavy atom. The number of amides is 1. The number of carbonyl (C=O) groups excluding carboxylic acids is 1. The minimum Gasteiger partial charge on any atom is -0.321 e. The molecular weight excluding hydrogens is 360 g/mol. The molecule has 0 saturated carbocycles. The lowest BCUT2D eigenvalue weighted by molar-refractivity contribution is 0.101. The van der Waals surface area contributed by atoms with E-state index in [0.29, 0.717) is 22.6 Å². The summed E-state index contributed by atoms with van der Waals surface area (Å²) in [5.74, 6) is -1.26. The Hall–Kier alpha value is -3.80. The van der Waals surface area contributed by atoms with Crippen LogP contribution in [0.1, 0.15) is 10.5 Å². The van der Waals surface area contributed by atoms with E-state index >= 15 is 0 Å². The fourth-order valence-corrected chi connectivity index (χ4v) is 2.84. The van der Waals surface area contributed by atoms with Gasteiger partial charge in [0.05, 0.1) is 11.4 Å². The second-order valence-corrected chi connectivity index (χ2v) is 6.10. The topological polar surface area (TPSA) is 46.9 Å². The third kappa shape index (κ3) is 3.53. The second-order valence-electron chi connectivity index (χ2n) is 6.10. The van der Waals surface area contributed by atoms with Crippen LogP contribution < -0.4 is 5.32 Å². The van der Waals surface area contributed by atoms with Crippen molar-refractivity contribution in [2.24, 2.45) is 0 Å². The van der Waals surface area contributed by atoms with Gasteiger partial charge in [0.1, 0.15) is 17.3 Å². The highest BCUT2D eigenvalue weighted by atomic mass is 19.1. The summed E-state index contributed by atoms with van der Waals surface area (Å²) in [7, 11) is 0. The van der Waals surface area contributed by atoms with Crippen LogP contribution in [-0.2, 0) is 0 Å². The van der Waals surface area contributed by atoms with Gasteiger partial charge in [-0.3, -0.25) is 4.79 Å². The lowest BCUT2D eigenvalue weighted by Crippen LogP contribution is -2.16. The van der Waals surface area contributed by atoms with Crippen LogP contribution in [0.25, 0.3) is 16.9 Å². The molecule has 0 fully saturated rings. The summed E-state index contributed by atoms with van der Waals surface area (Å²) in [6.45, 7) is 0. The predicted molar refractivity (Wildman–Crippen MR) is 103 cm³/mol. The van der Waals surface area contributed by atoms with E-state index in [-0.39, 0.29) is 5.69 Å². The number of halogens is 2. The van der Waals surface area contributed by atoms with Crippen LogP contribution in [0.15, 0.2) is 84.9 Å². The molecule has 0 aliphatic heterocycles. The maximum atomic E-state index is 14.2. The average Bonchev–Trinajstić information content (AvgIpc) is 3.16.